The van der Waals surface area contributed by atoms with Crippen molar-refractivity contribution in [2.24, 2.45) is 0 Å². The van der Waals surface area contributed by atoms with Crippen molar-refractivity contribution in [1.82, 2.24) is 14.9 Å². The average Bonchev–Trinajstić information content (AvgIpc) is 2.46. The molecule has 0 aliphatic carbocycles. The van der Waals surface area contributed by atoms with Gasteiger partial charge in [0.05, 0.1) is 0 Å². The number of aromatic nitrogens is 2. The lowest BCUT2D eigenvalue weighted by atomic mass is 10.1. The minimum atomic E-state index is -0.0398. The fourth-order valence-electron chi connectivity index (χ4n) is 2.23. The fraction of sp³-hybridized carbons (Fsp3) is 0.214. The third-order valence-electron chi connectivity index (χ3n) is 3.21. The van der Waals surface area contributed by atoms with Crippen LogP contribution in [-0.4, -0.2) is 27.3 Å². The Morgan fingerprint density at radius 3 is 2.84 bits per heavy atom. The normalized spacial score (nSPS) is 14.1. The van der Waals surface area contributed by atoms with Gasteiger partial charge in [-0.2, -0.15) is 0 Å². The maximum absolute atomic E-state index is 12.4. The van der Waals surface area contributed by atoms with Crippen LogP contribution in [0.2, 0.25) is 0 Å². The van der Waals surface area contributed by atoms with E-state index in [1.54, 1.807) is 18.5 Å². The predicted octanol–water partition coefficient (Wildman–Crippen LogP) is 2.44. The maximum Gasteiger partial charge on any atom is 0.273 e. The molecule has 0 N–H and O–H groups in total. The highest BCUT2D eigenvalue weighted by Crippen LogP contribution is 2.21. The van der Waals surface area contributed by atoms with Crippen molar-refractivity contribution >= 4 is 21.8 Å². The lowest BCUT2D eigenvalue weighted by Gasteiger charge is -2.28. The predicted molar refractivity (Wildman–Crippen MR) is 74.6 cm³/mol. The topological polar surface area (TPSA) is 46.1 Å². The molecule has 0 saturated carbocycles. The molecule has 0 spiro atoms. The molecule has 3 rings (SSSR count). The summed E-state index contributed by atoms with van der Waals surface area (Å²) in [6, 6.07) is 7.56. The van der Waals surface area contributed by atoms with Crippen molar-refractivity contribution in [3.8, 4) is 0 Å². The SMILES string of the molecule is O=C(c1ncccc1Br)N1CCc2ncccc2C1. The van der Waals surface area contributed by atoms with Gasteiger partial charge in [-0.3, -0.25) is 9.78 Å². The van der Waals surface area contributed by atoms with Gasteiger partial charge >= 0.3 is 0 Å². The summed E-state index contributed by atoms with van der Waals surface area (Å²) in [5.41, 5.74) is 2.68. The van der Waals surface area contributed by atoms with Gasteiger partial charge in [0.15, 0.2) is 0 Å². The molecule has 2 aromatic heterocycles. The van der Waals surface area contributed by atoms with Gasteiger partial charge in [0.25, 0.3) is 5.91 Å². The number of rotatable bonds is 1. The Labute approximate surface area is 119 Å². The summed E-state index contributed by atoms with van der Waals surface area (Å²) in [6.07, 6.45) is 4.23. The standard InChI is InChI=1S/C14H12BrN3O/c15-11-4-2-7-17-13(11)14(19)18-8-5-12-10(9-18)3-1-6-16-12/h1-4,6-7H,5,8-9H2. The molecule has 0 atom stereocenters. The van der Waals surface area contributed by atoms with Gasteiger partial charge in [-0.05, 0) is 39.7 Å². The molecule has 0 unspecified atom stereocenters. The monoisotopic (exact) mass is 317 g/mol. The number of nitrogens with zero attached hydrogens (tertiary/aromatic N) is 3. The van der Waals surface area contributed by atoms with Crippen molar-refractivity contribution in [2.75, 3.05) is 6.54 Å². The van der Waals surface area contributed by atoms with Crippen LogP contribution in [0.4, 0.5) is 0 Å². The van der Waals surface area contributed by atoms with E-state index in [0.717, 1.165) is 22.2 Å². The van der Waals surface area contributed by atoms with Crippen molar-refractivity contribution in [3.05, 3.63) is 58.1 Å². The molecule has 4 nitrogen and oxygen atoms in total. The quantitative estimate of drug-likeness (QED) is 0.811. The first-order chi connectivity index (χ1) is 9.25. The molecule has 0 bridgehead atoms. The summed E-state index contributed by atoms with van der Waals surface area (Å²) in [5, 5.41) is 0. The van der Waals surface area contributed by atoms with E-state index in [2.05, 4.69) is 25.9 Å². The lowest BCUT2D eigenvalue weighted by Crippen LogP contribution is -2.36. The first kappa shape index (κ1) is 12.3. The first-order valence-electron chi connectivity index (χ1n) is 6.08. The Balaban J connectivity index is 1.86. The number of carbonyl (C=O) groups excluding carboxylic acids is 1. The molecule has 1 aliphatic rings. The second-order valence-corrected chi connectivity index (χ2v) is 5.27. The zero-order valence-corrected chi connectivity index (χ0v) is 11.8. The Hall–Kier alpha value is -1.75. The fourth-order valence-corrected chi connectivity index (χ4v) is 2.66. The molecule has 96 valence electrons. The Morgan fingerprint density at radius 2 is 2.00 bits per heavy atom. The third-order valence-corrected chi connectivity index (χ3v) is 3.85. The minimum absolute atomic E-state index is 0.0398. The highest BCUT2D eigenvalue weighted by Gasteiger charge is 2.24. The van der Waals surface area contributed by atoms with Gasteiger partial charge in [0, 0.05) is 42.1 Å². The van der Waals surface area contributed by atoms with Crippen LogP contribution in [-0.2, 0) is 13.0 Å². The molecular weight excluding hydrogens is 306 g/mol. The van der Waals surface area contributed by atoms with E-state index in [9.17, 15) is 4.79 Å². The smallest absolute Gasteiger partial charge is 0.273 e. The van der Waals surface area contributed by atoms with Crippen LogP contribution in [0.1, 0.15) is 21.7 Å². The summed E-state index contributed by atoms with van der Waals surface area (Å²) in [7, 11) is 0. The van der Waals surface area contributed by atoms with E-state index >= 15 is 0 Å². The van der Waals surface area contributed by atoms with E-state index < -0.39 is 0 Å². The molecule has 19 heavy (non-hydrogen) atoms. The summed E-state index contributed by atoms with van der Waals surface area (Å²) in [6.45, 7) is 1.29. The zero-order valence-electron chi connectivity index (χ0n) is 10.2. The van der Waals surface area contributed by atoms with Gasteiger partial charge in [-0.25, -0.2) is 4.98 Å². The van der Waals surface area contributed by atoms with Crippen molar-refractivity contribution in [3.63, 3.8) is 0 Å². The van der Waals surface area contributed by atoms with Crippen molar-refractivity contribution < 1.29 is 4.79 Å². The van der Waals surface area contributed by atoms with Crippen LogP contribution in [0.3, 0.4) is 0 Å². The van der Waals surface area contributed by atoms with Gasteiger partial charge < -0.3 is 4.90 Å². The van der Waals surface area contributed by atoms with Gasteiger partial charge in [0.1, 0.15) is 5.69 Å². The Bertz CT molecular complexity index is 630. The van der Waals surface area contributed by atoms with Crippen LogP contribution in [0.15, 0.2) is 41.1 Å². The summed E-state index contributed by atoms with van der Waals surface area (Å²) in [4.78, 5) is 22.8. The number of hydrogen-bond donors (Lipinski definition) is 0. The van der Waals surface area contributed by atoms with Gasteiger partial charge in [-0.15, -0.1) is 0 Å². The lowest BCUT2D eigenvalue weighted by molar-refractivity contribution is 0.0726. The molecule has 1 aliphatic heterocycles. The Kier molecular flexibility index (Phi) is 3.29. The van der Waals surface area contributed by atoms with E-state index in [1.165, 1.54) is 0 Å². The molecule has 3 heterocycles. The van der Waals surface area contributed by atoms with E-state index in [0.29, 0.717) is 18.8 Å². The molecule has 0 radical (unpaired) electrons. The van der Waals surface area contributed by atoms with E-state index in [-0.39, 0.29) is 5.91 Å². The zero-order chi connectivity index (χ0) is 13.2. The van der Waals surface area contributed by atoms with E-state index in [1.807, 2.05) is 23.1 Å². The van der Waals surface area contributed by atoms with Crippen LogP contribution in [0.5, 0.6) is 0 Å². The number of amides is 1. The molecule has 1 amide bonds. The largest absolute Gasteiger partial charge is 0.332 e. The molecule has 0 fully saturated rings. The molecule has 0 saturated heterocycles. The van der Waals surface area contributed by atoms with Crippen molar-refractivity contribution in [2.45, 2.75) is 13.0 Å². The highest BCUT2D eigenvalue weighted by molar-refractivity contribution is 9.10. The first-order valence-corrected chi connectivity index (χ1v) is 6.87. The molecular formula is C14H12BrN3O. The number of fused-ring (bicyclic) bond motifs is 1. The van der Waals surface area contributed by atoms with Crippen LogP contribution in [0, 0.1) is 0 Å². The summed E-state index contributed by atoms with van der Waals surface area (Å²) < 4.78 is 0.733. The van der Waals surface area contributed by atoms with Crippen molar-refractivity contribution in [1.29, 1.82) is 0 Å². The average molecular weight is 318 g/mol. The number of pyridine rings is 2. The third kappa shape index (κ3) is 2.38. The van der Waals surface area contributed by atoms with E-state index in [4.69, 9.17) is 0 Å². The molecule has 5 heteroatoms. The minimum Gasteiger partial charge on any atom is -0.332 e. The Morgan fingerprint density at radius 1 is 1.21 bits per heavy atom. The molecule has 0 aromatic carbocycles. The van der Waals surface area contributed by atoms with Gasteiger partial charge in [-0.1, -0.05) is 6.07 Å². The second kappa shape index (κ2) is 5.09. The van der Waals surface area contributed by atoms with Gasteiger partial charge in [0.2, 0.25) is 0 Å². The van der Waals surface area contributed by atoms with Crippen LogP contribution in [0.25, 0.3) is 0 Å². The molecule has 2 aromatic rings. The van der Waals surface area contributed by atoms with Crippen LogP contribution < -0.4 is 0 Å². The number of halogens is 1. The highest BCUT2D eigenvalue weighted by atomic mass is 79.9. The summed E-state index contributed by atoms with van der Waals surface area (Å²) in [5.74, 6) is -0.0398. The number of hydrogen-bond acceptors (Lipinski definition) is 3. The summed E-state index contributed by atoms with van der Waals surface area (Å²) >= 11 is 3.37. The maximum atomic E-state index is 12.4. The number of carbonyl (C=O) groups is 1. The van der Waals surface area contributed by atoms with Crippen LogP contribution >= 0.6 is 15.9 Å². The second-order valence-electron chi connectivity index (χ2n) is 4.42.